The highest BCUT2D eigenvalue weighted by Crippen LogP contribution is 2.20. The fourth-order valence-corrected chi connectivity index (χ4v) is 1.65. The van der Waals surface area contributed by atoms with Crippen LogP contribution in [0, 0.1) is 25.2 Å². The van der Waals surface area contributed by atoms with Gasteiger partial charge in [0, 0.05) is 5.69 Å². The predicted octanol–water partition coefficient (Wildman–Crippen LogP) is 0.910. The number of rotatable bonds is 5. The van der Waals surface area contributed by atoms with E-state index in [1.165, 1.54) is 6.07 Å². The van der Waals surface area contributed by atoms with E-state index in [1.807, 2.05) is 6.07 Å². The summed E-state index contributed by atoms with van der Waals surface area (Å²) in [7, 11) is 0. The van der Waals surface area contributed by atoms with Gasteiger partial charge in [0.15, 0.2) is 0 Å². The maximum absolute atomic E-state index is 11.0. The molecule has 1 atom stereocenters. The Kier molecular flexibility index (Phi) is 4.42. The van der Waals surface area contributed by atoms with Crippen LogP contribution in [-0.4, -0.2) is 33.2 Å². The van der Waals surface area contributed by atoms with Crippen LogP contribution in [0.2, 0.25) is 0 Å². The summed E-state index contributed by atoms with van der Waals surface area (Å²) in [6.45, 7) is 3.33. The molecule has 0 amide bonds. The molecule has 0 fully saturated rings. The number of hydrogen-bond donors (Lipinski definition) is 3. The van der Waals surface area contributed by atoms with Gasteiger partial charge in [-0.1, -0.05) is 0 Å². The smallest absolute Gasteiger partial charge is 0.326 e. The Balaban J connectivity index is 3.12. The van der Waals surface area contributed by atoms with Crippen LogP contribution in [0.1, 0.15) is 23.4 Å². The first kappa shape index (κ1) is 14.4. The van der Waals surface area contributed by atoms with E-state index in [1.54, 1.807) is 13.8 Å². The summed E-state index contributed by atoms with van der Waals surface area (Å²) in [4.78, 5) is 25.7. The summed E-state index contributed by atoms with van der Waals surface area (Å²) in [5.41, 5.74) is 1.56. The highest BCUT2D eigenvalue weighted by atomic mass is 16.4. The highest BCUT2D eigenvalue weighted by molar-refractivity contribution is 5.84. The van der Waals surface area contributed by atoms with Gasteiger partial charge in [-0.25, -0.2) is 4.79 Å². The molecular weight excluding hydrogens is 250 g/mol. The highest BCUT2D eigenvalue weighted by Gasteiger charge is 2.22. The molecule has 7 nitrogen and oxygen atoms in total. The van der Waals surface area contributed by atoms with E-state index in [4.69, 9.17) is 15.5 Å². The van der Waals surface area contributed by atoms with Crippen molar-refractivity contribution in [3.63, 3.8) is 0 Å². The second kappa shape index (κ2) is 5.82. The quantitative estimate of drug-likeness (QED) is 0.721. The maximum atomic E-state index is 11.0. The van der Waals surface area contributed by atoms with Crippen LogP contribution in [0.15, 0.2) is 6.07 Å². The number of nitrogens with one attached hydrogen (secondary N) is 1. The van der Waals surface area contributed by atoms with E-state index in [2.05, 4.69) is 10.3 Å². The third-order valence-corrected chi connectivity index (χ3v) is 2.45. The number of nitriles is 1. The molecule has 1 heterocycles. The van der Waals surface area contributed by atoms with E-state index in [0.717, 1.165) is 0 Å². The van der Waals surface area contributed by atoms with E-state index < -0.39 is 24.4 Å². The van der Waals surface area contributed by atoms with Crippen LogP contribution in [0.5, 0.6) is 0 Å². The Bertz CT molecular complexity index is 563. The number of carboxylic acids is 2. The Morgan fingerprint density at radius 3 is 2.58 bits per heavy atom. The monoisotopic (exact) mass is 263 g/mol. The number of aryl methyl sites for hydroxylation is 2. The van der Waals surface area contributed by atoms with E-state index in [9.17, 15) is 9.59 Å². The van der Waals surface area contributed by atoms with Crippen molar-refractivity contribution >= 4 is 17.6 Å². The first-order chi connectivity index (χ1) is 8.85. The second-order valence-corrected chi connectivity index (χ2v) is 4.02. The molecule has 0 aliphatic carbocycles. The molecular formula is C12H13N3O4. The number of pyridine rings is 1. The number of hydrogen-bond acceptors (Lipinski definition) is 5. The van der Waals surface area contributed by atoms with Crippen LogP contribution in [0.4, 0.5) is 5.69 Å². The van der Waals surface area contributed by atoms with Crippen molar-refractivity contribution in [2.45, 2.75) is 26.3 Å². The average molecular weight is 263 g/mol. The summed E-state index contributed by atoms with van der Waals surface area (Å²) in [5.74, 6) is -2.53. The lowest BCUT2D eigenvalue weighted by Crippen LogP contribution is -2.32. The van der Waals surface area contributed by atoms with Crippen molar-refractivity contribution in [3.05, 3.63) is 23.0 Å². The molecule has 1 rings (SSSR count). The molecule has 1 aromatic rings. The SMILES string of the molecule is Cc1cc(NC(CC(=O)O)C(=O)O)c(C#N)c(C)n1. The third-order valence-electron chi connectivity index (χ3n) is 2.45. The molecule has 19 heavy (non-hydrogen) atoms. The van der Waals surface area contributed by atoms with Crippen LogP contribution < -0.4 is 5.32 Å². The molecule has 0 aromatic carbocycles. The molecule has 0 radical (unpaired) electrons. The fraction of sp³-hybridized carbons (Fsp3) is 0.333. The molecule has 0 bridgehead atoms. The van der Waals surface area contributed by atoms with Crippen molar-refractivity contribution in [2.75, 3.05) is 5.32 Å². The summed E-state index contributed by atoms with van der Waals surface area (Å²) in [6.07, 6.45) is -0.583. The average Bonchev–Trinajstić information content (AvgIpc) is 2.26. The normalized spacial score (nSPS) is 11.4. The summed E-state index contributed by atoms with van der Waals surface area (Å²) in [5, 5.41) is 29.2. The maximum Gasteiger partial charge on any atom is 0.326 e. The van der Waals surface area contributed by atoms with Crippen molar-refractivity contribution in [1.29, 1.82) is 5.26 Å². The summed E-state index contributed by atoms with van der Waals surface area (Å²) in [6, 6.07) is 2.14. The minimum atomic E-state index is -1.30. The zero-order valence-electron chi connectivity index (χ0n) is 10.5. The molecule has 7 heteroatoms. The van der Waals surface area contributed by atoms with Crippen molar-refractivity contribution in [3.8, 4) is 6.07 Å². The standard InChI is InChI=1S/C12H13N3O4/c1-6-3-9(8(5-13)7(2)14-6)15-10(12(18)19)4-11(16)17/h3,10H,4H2,1-2H3,(H,14,15)(H,16,17)(H,18,19). The van der Waals surface area contributed by atoms with Crippen molar-refractivity contribution in [2.24, 2.45) is 0 Å². The Morgan fingerprint density at radius 1 is 1.47 bits per heavy atom. The number of aromatic nitrogens is 1. The molecule has 3 N–H and O–H groups in total. The van der Waals surface area contributed by atoms with Gasteiger partial charge in [-0.05, 0) is 19.9 Å². The van der Waals surface area contributed by atoms with E-state index >= 15 is 0 Å². The molecule has 0 saturated heterocycles. The molecule has 0 aliphatic heterocycles. The number of carboxylic acid groups (broad SMARTS) is 2. The predicted molar refractivity (Wildman–Crippen MR) is 65.7 cm³/mol. The van der Waals surface area contributed by atoms with Crippen molar-refractivity contribution in [1.82, 2.24) is 4.98 Å². The topological polar surface area (TPSA) is 123 Å². The van der Waals surface area contributed by atoms with Gasteiger partial charge in [0.1, 0.15) is 12.1 Å². The lowest BCUT2D eigenvalue weighted by atomic mass is 10.1. The second-order valence-electron chi connectivity index (χ2n) is 4.02. The number of aliphatic carboxylic acids is 2. The zero-order chi connectivity index (χ0) is 14.6. The van der Waals surface area contributed by atoms with Gasteiger partial charge in [-0.3, -0.25) is 9.78 Å². The van der Waals surface area contributed by atoms with E-state index in [0.29, 0.717) is 11.4 Å². The lowest BCUT2D eigenvalue weighted by Gasteiger charge is -2.16. The van der Waals surface area contributed by atoms with Gasteiger partial charge in [0.2, 0.25) is 0 Å². The number of carbonyl (C=O) groups is 2. The zero-order valence-corrected chi connectivity index (χ0v) is 10.5. The molecule has 0 saturated carbocycles. The fourth-order valence-electron chi connectivity index (χ4n) is 1.65. The molecule has 1 aromatic heterocycles. The van der Waals surface area contributed by atoms with Gasteiger partial charge in [-0.2, -0.15) is 5.26 Å². The van der Waals surface area contributed by atoms with Crippen LogP contribution >= 0.6 is 0 Å². The van der Waals surface area contributed by atoms with Crippen LogP contribution in [0.25, 0.3) is 0 Å². The molecule has 1 unspecified atom stereocenters. The first-order valence-corrected chi connectivity index (χ1v) is 5.44. The van der Waals surface area contributed by atoms with Crippen LogP contribution in [0.3, 0.4) is 0 Å². The molecule has 0 spiro atoms. The van der Waals surface area contributed by atoms with Crippen molar-refractivity contribution < 1.29 is 19.8 Å². The first-order valence-electron chi connectivity index (χ1n) is 5.44. The Morgan fingerprint density at radius 2 is 2.11 bits per heavy atom. The largest absolute Gasteiger partial charge is 0.481 e. The van der Waals surface area contributed by atoms with Gasteiger partial charge in [-0.15, -0.1) is 0 Å². The van der Waals surface area contributed by atoms with Gasteiger partial charge >= 0.3 is 11.9 Å². The van der Waals surface area contributed by atoms with Gasteiger partial charge in [0.25, 0.3) is 0 Å². The number of nitrogens with zero attached hydrogens (tertiary/aromatic N) is 2. The molecule has 0 aliphatic rings. The third kappa shape index (κ3) is 3.67. The lowest BCUT2D eigenvalue weighted by molar-refractivity contribution is -0.144. The molecule has 100 valence electrons. The minimum Gasteiger partial charge on any atom is -0.481 e. The van der Waals surface area contributed by atoms with Crippen LogP contribution in [-0.2, 0) is 9.59 Å². The summed E-state index contributed by atoms with van der Waals surface area (Å²) < 4.78 is 0. The Labute approximate surface area is 109 Å². The summed E-state index contributed by atoms with van der Waals surface area (Å²) >= 11 is 0. The Hall–Kier alpha value is -2.62. The van der Waals surface area contributed by atoms with E-state index in [-0.39, 0.29) is 11.3 Å². The van der Waals surface area contributed by atoms with Gasteiger partial charge < -0.3 is 15.5 Å². The van der Waals surface area contributed by atoms with Gasteiger partial charge in [0.05, 0.1) is 23.4 Å². The number of anilines is 1. The minimum absolute atomic E-state index is 0.210.